The number of nitrogens with one attached hydrogen (secondary N) is 2. The lowest BCUT2D eigenvalue weighted by molar-refractivity contribution is -0.120. The normalized spacial score (nSPS) is 11.7. The van der Waals surface area contributed by atoms with Gasteiger partial charge in [0.25, 0.3) is 5.91 Å². The third kappa shape index (κ3) is 4.02. The smallest absolute Gasteiger partial charge is 0.250 e. The van der Waals surface area contributed by atoms with Crippen molar-refractivity contribution in [2.45, 2.75) is 13.0 Å². The minimum atomic E-state index is -0.594. The summed E-state index contributed by atoms with van der Waals surface area (Å²) in [7, 11) is 0. The molecule has 0 aliphatic rings. The maximum absolute atomic E-state index is 11.9. The summed E-state index contributed by atoms with van der Waals surface area (Å²) < 4.78 is 5.21. The summed E-state index contributed by atoms with van der Waals surface area (Å²) >= 11 is 5.88. The highest BCUT2D eigenvalue weighted by atomic mass is 35.5. The van der Waals surface area contributed by atoms with Crippen molar-refractivity contribution < 1.29 is 14.0 Å². The number of carbonyl (C=O) groups is 2. The Balaban J connectivity index is 1.96. The number of nitrogens with two attached hydrogens (primary N) is 1. The largest absolute Gasteiger partial charge is 0.467 e. The van der Waals surface area contributed by atoms with Gasteiger partial charge in [0, 0.05) is 10.7 Å². The molecular formula is C15H16ClN3O3. The monoisotopic (exact) mass is 321 g/mol. The van der Waals surface area contributed by atoms with Gasteiger partial charge in [-0.15, -0.1) is 0 Å². The van der Waals surface area contributed by atoms with E-state index in [0.29, 0.717) is 16.5 Å². The van der Waals surface area contributed by atoms with Crippen LogP contribution in [0.25, 0.3) is 0 Å². The van der Waals surface area contributed by atoms with Crippen LogP contribution in [0.15, 0.2) is 41.0 Å². The molecule has 1 aromatic heterocycles. The molecule has 2 aromatic rings. The fourth-order valence-corrected chi connectivity index (χ4v) is 2.13. The van der Waals surface area contributed by atoms with Crippen molar-refractivity contribution in [2.75, 3.05) is 11.9 Å². The van der Waals surface area contributed by atoms with E-state index in [4.69, 9.17) is 21.8 Å². The molecule has 1 aromatic carbocycles. The molecule has 7 heteroatoms. The van der Waals surface area contributed by atoms with Crippen molar-refractivity contribution in [1.82, 2.24) is 5.32 Å². The van der Waals surface area contributed by atoms with Crippen molar-refractivity contribution >= 4 is 29.1 Å². The molecule has 0 spiro atoms. The topological polar surface area (TPSA) is 97.4 Å². The van der Waals surface area contributed by atoms with Crippen molar-refractivity contribution in [3.05, 3.63) is 52.9 Å². The van der Waals surface area contributed by atoms with Crippen molar-refractivity contribution in [3.63, 3.8) is 0 Å². The van der Waals surface area contributed by atoms with Crippen molar-refractivity contribution in [1.29, 1.82) is 0 Å². The summed E-state index contributed by atoms with van der Waals surface area (Å²) in [4.78, 5) is 23.3. The van der Waals surface area contributed by atoms with Gasteiger partial charge in [-0.05, 0) is 37.3 Å². The fourth-order valence-electron chi connectivity index (χ4n) is 1.95. The predicted octanol–water partition coefficient (Wildman–Crippen LogP) is 2.32. The molecule has 2 amide bonds. The summed E-state index contributed by atoms with van der Waals surface area (Å²) in [5.41, 5.74) is 5.97. The lowest BCUT2D eigenvalue weighted by Crippen LogP contribution is -2.32. The van der Waals surface area contributed by atoms with E-state index in [1.807, 2.05) is 6.92 Å². The minimum absolute atomic E-state index is 0.0222. The first-order valence-corrected chi connectivity index (χ1v) is 7.01. The van der Waals surface area contributed by atoms with Crippen LogP contribution in [-0.4, -0.2) is 18.4 Å². The van der Waals surface area contributed by atoms with Crippen LogP contribution in [0.1, 0.15) is 29.1 Å². The molecule has 2 rings (SSSR count). The maximum atomic E-state index is 11.9. The fraction of sp³-hybridized carbons (Fsp3) is 0.200. The van der Waals surface area contributed by atoms with Crippen molar-refractivity contribution in [2.24, 2.45) is 5.73 Å². The Kier molecular flexibility index (Phi) is 5.06. The molecule has 0 fully saturated rings. The number of hydrogen-bond donors (Lipinski definition) is 3. The zero-order chi connectivity index (χ0) is 16.1. The molecule has 116 valence electrons. The molecule has 0 unspecified atom stereocenters. The zero-order valence-electron chi connectivity index (χ0n) is 11.9. The van der Waals surface area contributed by atoms with Gasteiger partial charge in [-0.2, -0.15) is 0 Å². The Labute approximate surface area is 132 Å². The van der Waals surface area contributed by atoms with E-state index >= 15 is 0 Å². The Bertz CT molecular complexity index is 671. The molecule has 0 aliphatic carbocycles. The molecule has 1 atom stereocenters. The van der Waals surface area contributed by atoms with Gasteiger partial charge in [-0.3, -0.25) is 9.59 Å². The highest BCUT2D eigenvalue weighted by Crippen LogP contribution is 2.20. The number of rotatable bonds is 6. The zero-order valence-corrected chi connectivity index (χ0v) is 12.7. The summed E-state index contributed by atoms with van der Waals surface area (Å²) in [5.74, 6) is -0.184. The van der Waals surface area contributed by atoms with Crippen LogP contribution < -0.4 is 16.4 Å². The van der Waals surface area contributed by atoms with E-state index in [1.165, 1.54) is 6.07 Å². The molecule has 0 radical (unpaired) electrons. The van der Waals surface area contributed by atoms with E-state index in [9.17, 15) is 9.59 Å². The van der Waals surface area contributed by atoms with Gasteiger partial charge >= 0.3 is 0 Å². The first kappa shape index (κ1) is 15.9. The van der Waals surface area contributed by atoms with Gasteiger partial charge < -0.3 is 20.8 Å². The maximum Gasteiger partial charge on any atom is 0.250 e. The number of carbonyl (C=O) groups excluding carboxylic acids is 2. The van der Waals surface area contributed by atoms with Gasteiger partial charge in [0.15, 0.2) is 0 Å². The second-order valence-corrected chi connectivity index (χ2v) is 5.15. The minimum Gasteiger partial charge on any atom is -0.467 e. The molecule has 0 bridgehead atoms. The van der Waals surface area contributed by atoms with Crippen LogP contribution in [0.5, 0.6) is 0 Å². The SMILES string of the molecule is C[C@@H](NC(=O)CNc1cc(Cl)ccc1C(N)=O)c1ccco1. The number of amides is 2. The number of hydrogen-bond acceptors (Lipinski definition) is 4. The van der Waals surface area contributed by atoms with Crippen molar-refractivity contribution in [3.8, 4) is 0 Å². The Hall–Kier alpha value is -2.47. The summed E-state index contributed by atoms with van der Waals surface area (Å²) in [6.07, 6.45) is 1.54. The molecule has 22 heavy (non-hydrogen) atoms. The standard InChI is InChI=1S/C15H16ClN3O3/c1-9(13-3-2-6-22-13)19-14(20)8-18-12-7-10(16)4-5-11(12)15(17)21/h2-7,9,18H,8H2,1H3,(H2,17,21)(H,19,20)/t9-/m1/s1. The van der Waals surface area contributed by atoms with Gasteiger partial charge in [-0.1, -0.05) is 11.6 Å². The number of furan rings is 1. The third-order valence-corrected chi connectivity index (χ3v) is 3.27. The summed E-state index contributed by atoms with van der Waals surface area (Å²) in [6.45, 7) is 1.79. The summed E-state index contributed by atoms with van der Waals surface area (Å²) in [5, 5.41) is 6.07. The molecule has 0 aliphatic heterocycles. The van der Waals surface area contributed by atoms with Crippen LogP contribution in [0, 0.1) is 0 Å². The number of halogens is 1. The van der Waals surface area contributed by atoms with Gasteiger partial charge in [0.1, 0.15) is 5.76 Å². The highest BCUT2D eigenvalue weighted by Gasteiger charge is 2.13. The Morgan fingerprint density at radius 2 is 2.14 bits per heavy atom. The number of benzene rings is 1. The van der Waals surface area contributed by atoms with E-state index in [2.05, 4.69) is 10.6 Å². The van der Waals surface area contributed by atoms with E-state index < -0.39 is 5.91 Å². The van der Waals surface area contributed by atoms with E-state index in [1.54, 1.807) is 30.5 Å². The van der Waals surface area contributed by atoms with Gasteiger partial charge in [-0.25, -0.2) is 0 Å². The van der Waals surface area contributed by atoms with E-state index in [0.717, 1.165) is 0 Å². The average Bonchev–Trinajstić information content (AvgIpc) is 2.99. The van der Waals surface area contributed by atoms with Gasteiger partial charge in [0.2, 0.25) is 5.91 Å². The predicted molar refractivity (Wildman–Crippen MR) is 83.7 cm³/mol. The Morgan fingerprint density at radius 1 is 1.36 bits per heavy atom. The second-order valence-electron chi connectivity index (χ2n) is 4.71. The van der Waals surface area contributed by atoms with Crippen LogP contribution in [0.4, 0.5) is 5.69 Å². The highest BCUT2D eigenvalue weighted by molar-refractivity contribution is 6.31. The number of primary amides is 1. The lowest BCUT2D eigenvalue weighted by atomic mass is 10.1. The van der Waals surface area contributed by atoms with E-state index in [-0.39, 0.29) is 24.1 Å². The first-order chi connectivity index (χ1) is 10.5. The Morgan fingerprint density at radius 3 is 2.77 bits per heavy atom. The van der Waals surface area contributed by atoms with Crippen LogP contribution in [0.2, 0.25) is 5.02 Å². The molecule has 6 nitrogen and oxygen atoms in total. The number of anilines is 1. The van der Waals surface area contributed by atoms with Crippen LogP contribution in [0.3, 0.4) is 0 Å². The molecular weight excluding hydrogens is 306 g/mol. The quantitative estimate of drug-likeness (QED) is 0.760. The van der Waals surface area contributed by atoms with Gasteiger partial charge in [0.05, 0.1) is 24.4 Å². The molecule has 1 heterocycles. The molecule has 4 N–H and O–H groups in total. The molecule has 0 saturated heterocycles. The lowest BCUT2D eigenvalue weighted by Gasteiger charge is -2.14. The first-order valence-electron chi connectivity index (χ1n) is 6.63. The average molecular weight is 322 g/mol. The summed E-state index contributed by atoms with van der Waals surface area (Å²) in [6, 6.07) is 7.90. The third-order valence-electron chi connectivity index (χ3n) is 3.03. The second kappa shape index (κ2) is 7.00. The van der Waals surface area contributed by atoms with Crippen LogP contribution in [-0.2, 0) is 4.79 Å². The van der Waals surface area contributed by atoms with Crippen LogP contribution >= 0.6 is 11.6 Å². The molecule has 0 saturated carbocycles.